The number of sulfone groups is 1. The van der Waals surface area contributed by atoms with E-state index in [0.717, 1.165) is 5.56 Å². The summed E-state index contributed by atoms with van der Waals surface area (Å²) in [6, 6.07) is 6.33. The molecule has 0 atom stereocenters. The van der Waals surface area contributed by atoms with Gasteiger partial charge in [-0.15, -0.1) is 0 Å². The normalized spacial score (nSPS) is 10.9. The van der Waals surface area contributed by atoms with Gasteiger partial charge in [0, 0.05) is 0 Å². The number of benzene rings is 1. The lowest BCUT2D eigenvalue weighted by molar-refractivity contribution is 0.599. The van der Waals surface area contributed by atoms with Gasteiger partial charge in [0.2, 0.25) is 0 Å². The van der Waals surface area contributed by atoms with Gasteiger partial charge < -0.3 is 5.73 Å². The number of nitrogens with two attached hydrogens (primary N) is 1. The average molecular weight is 210 g/mol. The number of anilines is 1. The molecule has 0 unspecified atom stereocenters. The van der Waals surface area contributed by atoms with Crippen molar-refractivity contribution >= 4 is 15.5 Å². The quantitative estimate of drug-likeness (QED) is 0.734. The monoisotopic (exact) mass is 210 g/mol. The largest absolute Gasteiger partial charge is 0.398 e. The van der Waals surface area contributed by atoms with Gasteiger partial charge in [0.15, 0.2) is 9.84 Å². The van der Waals surface area contributed by atoms with Crippen molar-refractivity contribution < 1.29 is 8.42 Å². The molecule has 0 aromatic heterocycles. The zero-order valence-corrected chi connectivity index (χ0v) is 8.50. The highest BCUT2D eigenvalue weighted by Crippen LogP contribution is 2.20. The van der Waals surface area contributed by atoms with Crippen molar-refractivity contribution in [3.05, 3.63) is 23.8 Å². The summed E-state index contributed by atoms with van der Waals surface area (Å²) in [7, 11) is -3.55. The fourth-order valence-electron chi connectivity index (χ4n) is 1.07. The van der Waals surface area contributed by atoms with Gasteiger partial charge in [-0.25, -0.2) is 8.42 Å². The van der Waals surface area contributed by atoms with E-state index in [1.165, 1.54) is 12.1 Å². The molecule has 4 nitrogen and oxygen atoms in total. The lowest BCUT2D eigenvalue weighted by atomic mass is 10.2. The first-order valence-corrected chi connectivity index (χ1v) is 5.58. The Bertz CT molecular complexity index is 486. The molecule has 1 aromatic carbocycles. The zero-order chi connectivity index (χ0) is 10.8. The SMILES string of the molecule is Cc1ccc(N)c(S(=O)(=O)CC#N)c1. The molecular weight excluding hydrogens is 200 g/mol. The standard InChI is InChI=1S/C9H10N2O2S/c1-7-2-3-8(11)9(6-7)14(12,13)5-4-10/h2-3,6H,5,11H2,1H3. The topological polar surface area (TPSA) is 84.0 Å². The molecule has 0 radical (unpaired) electrons. The maximum absolute atomic E-state index is 11.5. The summed E-state index contributed by atoms with van der Waals surface area (Å²) >= 11 is 0. The van der Waals surface area contributed by atoms with Crippen LogP contribution in [-0.4, -0.2) is 14.2 Å². The zero-order valence-electron chi connectivity index (χ0n) is 7.69. The molecule has 1 aromatic rings. The number of aryl methyl sites for hydroxylation is 1. The summed E-state index contributed by atoms with van der Waals surface area (Å²) in [6.07, 6.45) is 0. The minimum atomic E-state index is -3.55. The van der Waals surface area contributed by atoms with Gasteiger partial charge in [-0.3, -0.25) is 0 Å². The highest BCUT2D eigenvalue weighted by atomic mass is 32.2. The number of nitrogens with zero attached hydrogens (tertiary/aromatic N) is 1. The molecular formula is C9H10N2O2S. The van der Waals surface area contributed by atoms with E-state index in [0.29, 0.717) is 0 Å². The smallest absolute Gasteiger partial charge is 0.193 e. The summed E-state index contributed by atoms with van der Waals surface area (Å²) < 4.78 is 23.0. The predicted octanol–water partition coefficient (Wildman–Crippen LogP) is 0.875. The van der Waals surface area contributed by atoms with Crippen LogP contribution < -0.4 is 5.73 Å². The number of rotatable bonds is 2. The Morgan fingerprint density at radius 1 is 1.50 bits per heavy atom. The van der Waals surface area contributed by atoms with Gasteiger partial charge in [-0.2, -0.15) is 5.26 Å². The van der Waals surface area contributed by atoms with Gasteiger partial charge in [-0.05, 0) is 24.6 Å². The predicted molar refractivity (Wildman–Crippen MR) is 53.3 cm³/mol. The molecule has 0 spiro atoms. The maximum Gasteiger partial charge on any atom is 0.193 e. The molecule has 0 heterocycles. The Morgan fingerprint density at radius 2 is 2.14 bits per heavy atom. The van der Waals surface area contributed by atoms with E-state index < -0.39 is 15.6 Å². The van der Waals surface area contributed by atoms with Crippen molar-refractivity contribution in [2.45, 2.75) is 11.8 Å². The van der Waals surface area contributed by atoms with Gasteiger partial charge >= 0.3 is 0 Å². The van der Waals surface area contributed by atoms with E-state index in [1.54, 1.807) is 19.1 Å². The van der Waals surface area contributed by atoms with Crippen LogP contribution in [0, 0.1) is 18.3 Å². The Labute approximate surface area is 82.9 Å². The highest BCUT2D eigenvalue weighted by molar-refractivity contribution is 7.91. The first-order valence-electron chi connectivity index (χ1n) is 3.93. The third-order valence-electron chi connectivity index (χ3n) is 1.76. The Morgan fingerprint density at radius 3 is 2.71 bits per heavy atom. The molecule has 0 amide bonds. The van der Waals surface area contributed by atoms with E-state index >= 15 is 0 Å². The van der Waals surface area contributed by atoms with Crippen LogP contribution in [0.2, 0.25) is 0 Å². The van der Waals surface area contributed by atoms with Crippen molar-refractivity contribution in [3.8, 4) is 6.07 Å². The van der Waals surface area contributed by atoms with E-state index in [4.69, 9.17) is 11.0 Å². The van der Waals surface area contributed by atoms with Gasteiger partial charge in [0.25, 0.3) is 0 Å². The van der Waals surface area contributed by atoms with Crippen LogP contribution in [0.3, 0.4) is 0 Å². The summed E-state index contributed by atoms with van der Waals surface area (Å²) in [4.78, 5) is 0.0408. The van der Waals surface area contributed by atoms with Crippen molar-refractivity contribution in [2.24, 2.45) is 0 Å². The molecule has 2 N–H and O–H groups in total. The van der Waals surface area contributed by atoms with E-state index in [9.17, 15) is 8.42 Å². The molecule has 14 heavy (non-hydrogen) atoms. The van der Waals surface area contributed by atoms with Gasteiger partial charge in [-0.1, -0.05) is 6.07 Å². The van der Waals surface area contributed by atoms with Gasteiger partial charge in [0.1, 0.15) is 5.75 Å². The van der Waals surface area contributed by atoms with Crippen LogP contribution in [0.5, 0.6) is 0 Å². The number of hydrogen-bond acceptors (Lipinski definition) is 4. The Kier molecular flexibility index (Phi) is 2.77. The highest BCUT2D eigenvalue weighted by Gasteiger charge is 2.16. The third-order valence-corrected chi connectivity index (χ3v) is 3.29. The van der Waals surface area contributed by atoms with Crippen molar-refractivity contribution in [2.75, 3.05) is 11.5 Å². The first kappa shape index (κ1) is 10.5. The molecule has 1 rings (SSSR count). The molecule has 0 bridgehead atoms. The average Bonchev–Trinajstić information content (AvgIpc) is 2.09. The second-order valence-corrected chi connectivity index (χ2v) is 4.92. The molecule has 0 aliphatic heterocycles. The van der Waals surface area contributed by atoms with Crippen LogP contribution in [-0.2, 0) is 9.84 Å². The Balaban J connectivity index is 3.33. The molecule has 5 heteroatoms. The van der Waals surface area contributed by atoms with Crippen molar-refractivity contribution in [1.29, 1.82) is 5.26 Å². The van der Waals surface area contributed by atoms with E-state index in [1.807, 2.05) is 0 Å². The number of nitrogen functional groups attached to an aromatic ring is 1. The van der Waals surface area contributed by atoms with Crippen LogP contribution >= 0.6 is 0 Å². The molecule has 0 aliphatic carbocycles. The fourth-order valence-corrected chi connectivity index (χ4v) is 2.19. The second-order valence-electron chi connectivity index (χ2n) is 2.96. The van der Waals surface area contributed by atoms with Crippen LogP contribution in [0.25, 0.3) is 0 Å². The van der Waals surface area contributed by atoms with Crippen LogP contribution in [0.1, 0.15) is 5.56 Å². The summed E-state index contributed by atoms with van der Waals surface area (Å²) in [5, 5.41) is 8.35. The van der Waals surface area contributed by atoms with Crippen LogP contribution in [0.15, 0.2) is 23.1 Å². The summed E-state index contributed by atoms with van der Waals surface area (Å²) in [5.41, 5.74) is 6.50. The van der Waals surface area contributed by atoms with Crippen LogP contribution in [0.4, 0.5) is 5.69 Å². The molecule has 0 saturated carbocycles. The van der Waals surface area contributed by atoms with Crippen molar-refractivity contribution in [3.63, 3.8) is 0 Å². The lowest BCUT2D eigenvalue weighted by Gasteiger charge is -2.04. The second kappa shape index (κ2) is 3.68. The number of nitriles is 1. The van der Waals surface area contributed by atoms with E-state index in [2.05, 4.69) is 0 Å². The number of hydrogen-bond donors (Lipinski definition) is 1. The lowest BCUT2D eigenvalue weighted by Crippen LogP contribution is -2.08. The summed E-state index contributed by atoms with van der Waals surface area (Å²) in [6.45, 7) is 1.77. The fraction of sp³-hybridized carbons (Fsp3) is 0.222. The van der Waals surface area contributed by atoms with Gasteiger partial charge in [0.05, 0.1) is 16.7 Å². The molecule has 74 valence electrons. The summed E-state index contributed by atoms with van der Waals surface area (Å²) in [5.74, 6) is -0.541. The minimum absolute atomic E-state index is 0.0408. The Hall–Kier alpha value is -1.54. The first-order chi connectivity index (χ1) is 6.47. The van der Waals surface area contributed by atoms with Crippen molar-refractivity contribution in [1.82, 2.24) is 0 Å². The third kappa shape index (κ3) is 2.03. The maximum atomic E-state index is 11.5. The minimum Gasteiger partial charge on any atom is -0.398 e. The molecule has 0 aliphatic rings. The van der Waals surface area contributed by atoms with E-state index in [-0.39, 0.29) is 10.6 Å². The molecule has 0 saturated heterocycles. The molecule has 0 fully saturated rings.